The predicted octanol–water partition coefficient (Wildman–Crippen LogP) is 3.83. The summed E-state index contributed by atoms with van der Waals surface area (Å²) >= 11 is 12.2. The van der Waals surface area contributed by atoms with Crippen LogP contribution in [0.25, 0.3) is 0 Å². The number of hydrogen-bond donors (Lipinski definition) is 1. The van der Waals surface area contributed by atoms with Gasteiger partial charge in [-0.15, -0.1) is 0 Å². The fourth-order valence-electron chi connectivity index (χ4n) is 3.41. The molecule has 0 saturated carbocycles. The molecule has 9 heteroatoms. The average molecular weight is 457 g/mol. The van der Waals surface area contributed by atoms with Gasteiger partial charge in [0.1, 0.15) is 0 Å². The smallest absolute Gasteiger partial charge is 0.303 e. The normalized spacial score (nSPS) is 15.5. The third-order valence-corrected chi connectivity index (χ3v) is 7.60. The van der Waals surface area contributed by atoms with E-state index >= 15 is 0 Å². The Morgan fingerprint density at radius 1 is 1.07 bits per heavy atom. The standard InChI is InChI=1S/C20H22Cl2N2O4S/c1-14-11-17(21)18(22)13-19(14)23-7-9-24(10-8-23)29(27,28)16-4-2-3-15(12-16)5-6-20(25)26/h2-4,11-13H,5-10H2,1H3,(H,25,26). The van der Waals surface area contributed by atoms with Crippen LogP contribution >= 0.6 is 23.2 Å². The summed E-state index contributed by atoms with van der Waals surface area (Å²) in [7, 11) is -3.64. The lowest BCUT2D eigenvalue weighted by atomic mass is 10.1. The second-order valence-corrected chi connectivity index (χ2v) is 9.74. The molecule has 2 aromatic carbocycles. The summed E-state index contributed by atoms with van der Waals surface area (Å²) in [6, 6.07) is 10.1. The van der Waals surface area contributed by atoms with Crippen LogP contribution in [0.2, 0.25) is 10.0 Å². The highest BCUT2D eigenvalue weighted by atomic mass is 35.5. The molecule has 0 unspecified atom stereocenters. The van der Waals surface area contributed by atoms with Gasteiger partial charge >= 0.3 is 5.97 Å². The van der Waals surface area contributed by atoms with Crippen molar-refractivity contribution in [1.82, 2.24) is 4.31 Å². The van der Waals surface area contributed by atoms with Crippen molar-refractivity contribution in [2.45, 2.75) is 24.7 Å². The van der Waals surface area contributed by atoms with Gasteiger partial charge in [0, 0.05) is 38.3 Å². The van der Waals surface area contributed by atoms with E-state index in [9.17, 15) is 13.2 Å². The van der Waals surface area contributed by atoms with Crippen LogP contribution in [0.15, 0.2) is 41.3 Å². The number of carboxylic acids is 1. The maximum absolute atomic E-state index is 13.0. The Kier molecular flexibility index (Phi) is 6.73. The van der Waals surface area contributed by atoms with Crippen LogP contribution in [0.5, 0.6) is 0 Å². The van der Waals surface area contributed by atoms with Crippen molar-refractivity contribution in [3.8, 4) is 0 Å². The number of halogens is 2. The van der Waals surface area contributed by atoms with E-state index in [1.165, 1.54) is 4.31 Å². The molecule has 6 nitrogen and oxygen atoms in total. The van der Waals surface area contributed by atoms with Crippen LogP contribution < -0.4 is 4.90 Å². The first-order valence-corrected chi connectivity index (χ1v) is 11.4. The molecule has 3 rings (SSSR count). The van der Waals surface area contributed by atoms with E-state index in [0.29, 0.717) is 48.2 Å². The van der Waals surface area contributed by atoms with Gasteiger partial charge < -0.3 is 10.0 Å². The fraction of sp³-hybridized carbons (Fsp3) is 0.350. The van der Waals surface area contributed by atoms with Gasteiger partial charge in [-0.1, -0.05) is 35.3 Å². The fourth-order valence-corrected chi connectivity index (χ4v) is 5.28. The molecule has 1 heterocycles. The van der Waals surface area contributed by atoms with Crippen molar-refractivity contribution < 1.29 is 18.3 Å². The summed E-state index contributed by atoms with van der Waals surface area (Å²) in [4.78, 5) is 13.1. The molecule has 0 radical (unpaired) electrons. The summed E-state index contributed by atoms with van der Waals surface area (Å²) in [5.41, 5.74) is 2.63. The first-order valence-electron chi connectivity index (χ1n) is 9.20. The minimum absolute atomic E-state index is 0.0365. The Morgan fingerprint density at radius 2 is 1.72 bits per heavy atom. The Balaban J connectivity index is 1.72. The molecule has 1 aliphatic heterocycles. The van der Waals surface area contributed by atoms with Gasteiger partial charge in [0.15, 0.2) is 0 Å². The number of carboxylic acid groups (broad SMARTS) is 1. The minimum Gasteiger partial charge on any atom is -0.481 e. The zero-order valence-electron chi connectivity index (χ0n) is 15.9. The molecule has 1 saturated heterocycles. The summed E-state index contributed by atoms with van der Waals surface area (Å²) in [5.74, 6) is -0.910. The third kappa shape index (κ3) is 5.04. The predicted molar refractivity (Wildman–Crippen MR) is 115 cm³/mol. The van der Waals surface area contributed by atoms with Crippen LogP contribution in [0.4, 0.5) is 5.69 Å². The number of aryl methyl sites for hydroxylation is 2. The molecule has 0 aromatic heterocycles. The van der Waals surface area contributed by atoms with Crippen LogP contribution in [-0.4, -0.2) is 50.0 Å². The number of rotatable bonds is 6. The summed E-state index contributed by atoms with van der Waals surface area (Å²) in [6.45, 7) is 3.72. The lowest BCUT2D eigenvalue weighted by Crippen LogP contribution is -2.48. The van der Waals surface area contributed by atoms with Crippen LogP contribution in [-0.2, 0) is 21.2 Å². The largest absolute Gasteiger partial charge is 0.481 e. The number of carbonyl (C=O) groups is 1. The van der Waals surface area contributed by atoms with Gasteiger partial charge in [-0.2, -0.15) is 4.31 Å². The van der Waals surface area contributed by atoms with E-state index in [0.717, 1.165) is 11.3 Å². The van der Waals surface area contributed by atoms with Gasteiger partial charge in [0.05, 0.1) is 14.9 Å². The molecule has 1 aliphatic rings. The molecule has 1 N–H and O–H groups in total. The number of anilines is 1. The Bertz CT molecular complexity index is 1020. The molecule has 0 amide bonds. The second-order valence-electron chi connectivity index (χ2n) is 6.99. The monoisotopic (exact) mass is 456 g/mol. The molecule has 2 aromatic rings. The van der Waals surface area contributed by atoms with Crippen LogP contribution in [0.3, 0.4) is 0 Å². The lowest BCUT2D eigenvalue weighted by Gasteiger charge is -2.36. The molecule has 0 aliphatic carbocycles. The number of piperazine rings is 1. The SMILES string of the molecule is Cc1cc(Cl)c(Cl)cc1N1CCN(S(=O)(=O)c2cccc(CCC(=O)O)c2)CC1. The van der Waals surface area contributed by atoms with Crippen molar-refractivity contribution in [2.75, 3.05) is 31.1 Å². The summed E-state index contributed by atoms with van der Waals surface area (Å²) < 4.78 is 27.5. The number of hydrogen-bond acceptors (Lipinski definition) is 4. The van der Waals surface area contributed by atoms with Gasteiger partial charge in [0.25, 0.3) is 0 Å². The third-order valence-electron chi connectivity index (χ3n) is 4.98. The van der Waals surface area contributed by atoms with Gasteiger partial charge in [-0.3, -0.25) is 4.79 Å². The maximum Gasteiger partial charge on any atom is 0.303 e. The molecule has 0 spiro atoms. The molecule has 0 atom stereocenters. The summed E-state index contributed by atoms with van der Waals surface area (Å²) in [6.07, 6.45) is 0.258. The second kappa shape index (κ2) is 8.92. The van der Waals surface area contributed by atoms with Crippen molar-refractivity contribution in [3.05, 3.63) is 57.6 Å². The van der Waals surface area contributed by atoms with Gasteiger partial charge in [0.2, 0.25) is 10.0 Å². The van der Waals surface area contributed by atoms with Crippen LogP contribution in [0.1, 0.15) is 17.5 Å². The van der Waals surface area contributed by atoms with Gasteiger partial charge in [-0.05, 0) is 48.7 Å². The number of sulfonamides is 1. The average Bonchev–Trinajstić information content (AvgIpc) is 2.69. The van der Waals surface area contributed by atoms with E-state index in [1.807, 2.05) is 19.1 Å². The first-order chi connectivity index (χ1) is 13.7. The van der Waals surface area contributed by atoms with E-state index in [4.69, 9.17) is 28.3 Å². The zero-order valence-corrected chi connectivity index (χ0v) is 18.3. The molecule has 1 fully saturated rings. The summed E-state index contributed by atoms with van der Waals surface area (Å²) in [5, 5.41) is 9.80. The highest BCUT2D eigenvalue weighted by Crippen LogP contribution is 2.32. The van der Waals surface area contributed by atoms with E-state index < -0.39 is 16.0 Å². The quantitative estimate of drug-likeness (QED) is 0.714. The minimum atomic E-state index is -3.64. The first kappa shape index (κ1) is 21.9. The molecule has 29 heavy (non-hydrogen) atoms. The van der Waals surface area contributed by atoms with Crippen molar-refractivity contribution >= 4 is 44.9 Å². The molecular formula is C20H22Cl2N2O4S. The molecule has 156 valence electrons. The molecular weight excluding hydrogens is 435 g/mol. The highest BCUT2D eigenvalue weighted by molar-refractivity contribution is 7.89. The van der Waals surface area contributed by atoms with Crippen molar-refractivity contribution in [2.24, 2.45) is 0 Å². The van der Waals surface area contributed by atoms with E-state index in [1.54, 1.807) is 24.3 Å². The van der Waals surface area contributed by atoms with Crippen LogP contribution in [0, 0.1) is 6.92 Å². The Hall–Kier alpha value is -1.80. The number of aliphatic carboxylic acids is 1. The van der Waals surface area contributed by atoms with Crippen molar-refractivity contribution in [3.63, 3.8) is 0 Å². The Morgan fingerprint density at radius 3 is 2.38 bits per heavy atom. The van der Waals surface area contributed by atoms with E-state index in [2.05, 4.69) is 4.90 Å². The lowest BCUT2D eigenvalue weighted by molar-refractivity contribution is -0.136. The zero-order chi connectivity index (χ0) is 21.2. The number of nitrogens with zero attached hydrogens (tertiary/aromatic N) is 2. The van der Waals surface area contributed by atoms with Crippen molar-refractivity contribution in [1.29, 1.82) is 0 Å². The number of benzene rings is 2. The Labute approximate surface area is 180 Å². The van der Waals surface area contributed by atoms with E-state index in [-0.39, 0.29) is 11.3 Å². The maximum atomic E-state index is 13.0. The topological polar surface area (TPSA) is 77.9 Å². The highest BCUT2D eigenvalue weighted by Gasteiger charge is 2.29. The molecule has 0 bridgehead atoms. The van der Waals surface area contributed by atoms with Gasteiger partial charge in [-0.25, -0.2) is 8.42 Å².